The normalized spacial score (nSPS) is 11.2. The molecule has 0 bridgehead atoms. The number of aryl methyl sites for hydroxylation is 1. The number of hydrogen-bond donors (Lipinski definition) is 3. The van der Waals surface area contributed by atoms with Gasteiger partial charge in [-0.15, -0.1) is 11.3 Å². The van der Waals surface area contributed by atoms with Gasteiger partial charge in [-0.1, -0.05) is 30.3 Å². The molecular formula is C22H19N5O5S2. The number of carbonyl (C=O) groups is 2. The van der Waals surface area contributed by atoms with Gasteiger partial charge in [0.2, 0.25) is 0 Å². The second-order valence-electron chi connectivity index (χ2n) is 7.15. The minimum atomic E-state index is -3.87. The summed E-state index contributed by atoms with van der Waals surface area (Å²) >= 11 is 1.04. The molecule has 174 valence electrons. The number of hydrogen-bond acceptors (Lipinski definition) is 7. The first kappa shape index (κ1) is 23.1. The Kier molecular flexibility index (Phi) is 6.43. The monoisotopic (exact) mass is 497 g/mol. The quantitative estimate of drug-likeness (QED) is 0.348. The Morgan fingerprint density at radius 3 is 2.50 bits per heavy atom. The number of aromatic nitrogens is 2. The van der Waals surface area contributed by atoms with Crippen LogP contribution in [-0.4, -0.2) is 29.8 Å². The number of para-hydroxylation sites is 2. The van der Waals surface area contributed by atoms with E-state index in [-0.39, 0.29) is 27.6 Å². The third-order valence-corrected chi connectivity index (χ3v) is 7.61. The number of rotatable bonds is 6. The lowest BCUT2D eigenvalue weighted by Crippen LogP contribution is -2.44. The highest BCUT2D eigenvalue weighted by Gasteiger charge is 2.20. The molecule has 34 heavy (non-hydrogen) atoms. The van der Waals surface area contributed by atoms with Crippen LogP contribution in [-0.2, 0) is 21.4 Å². The van der Waals surface area contributed by atoms with Crippen molar-refractivity contribution in [3.63, 3.8) is 0 Å². The van der Waals surface area contributed by atoms with E-state index >= 15 is 0 Å². The minimum Gasteiger partial charge on any atom is -0.287 e. The summed E-state index contributed by atoms with van der Waals surface area (Å²) in [5.41, 5.74) is 4.70. The summed E-state index contributed by atoms with van der Waals surface area (Å²) < 4.78 is 28.7. The maximum Gasteiger partial charge on any atom is 0.271 e. The van der Waals surface area contributed by atoms with Crippen molar-refractivity contribution in [1.82, 2.24) is 20.4 Å². The first-order valence-corrected chi connectivity index (χ1v) is 12.3. The van der Waals surface area contributed by atoms with Gasteiger partial charge < -0.3 is 0 Å². The summed E-state index contributed by atoms with van der Waals surface area (Å²) in [5.74, 6) is -1.05. The molecule has 10 nitrogen and oxygen atoms in total. The summed E-state index contributed by atoms with van der Waals surface area (Å²) in [7, 11) is -3.87. The maximum absolute atomic E-state index is 12.7. The van der Waals surface area contributed by atoms with Gasteiger partial charge in [0.1, 0.15) is 16.6 Å². The third-order valence-electron chi connectivity index (χ3n) is 4.85. The van der Waals surface area contributed by atoms with Crippen molar-refractivity contribution < 1.29 is 18.0 Å². The lowest BCUT2D eigenvalue weighted by Gasteiger charge is -2.14. The van der Waals surface area contributed by atoms with Crippen molar-refractivity contribution in [2.75, 3.05) is 4.72 Å². The van der Waals surface area contributed by atoms with E-state index in [9.17, 15) is 22.8 Å². The second-order valence-corrected chi connectivity index (χ2v) is 10.0. The first-order chi connectivity index (χ1) is 16.3. The molecule has 0 fully saturated rings. The average molecular weight is 498 g/mol. The molecule has 2 aromatic carbocycles. The molecule has 3 N–H and O–H groups in total. The Balaban J connectivity index is 1.46. The standard InChI is InChI=1S/C22H19N5O5S2/c1-14-23-17-9-4-3-8-16(17)22(30)27(14)13-19(28)24-25-21(29)15-7-2-5-10-18(15)26-34(31,32)20-11-6-12-33-20/h2-12,26H,13H2,1H3,(H,24,28)(H,25,29). The van der Waals surface area contributed by atoms with Crippen LogP contribution in [0.25, 0.3) is 10.9 Å². The molecule has 12 heteroatoms. The Bertz CT molecular complexity index is 1550. The summed E-state index contributed by atoms with van der Waals surface area (Å²) in [5, 5.41) is 2.00. The van der Waals surface area contributed by atoms with Gasteiger partial charge in [0.05, 0.1) is 22.2 Å². The number of nitrogens with zero attached hydrogens (tertiary/aromatic N) is 2. The zero-order valence-corrected chi connectivity index (χ0v) is 19.4. The number of sulfonamides is 1. The number of fused-ring (bicyclic) bond motifs is 1. The predicted molar refractivity (Wildman–Crippen MR) is 128 cm³/mol. The SMILES string of the molecule is Cc1nc2ccccc2c(=O)n1CC(=O)NNC(=O)c1ccccc1NS(=O)(=O)c1cccs1. The highest BCUT2D eigenvalue weighted by Crippen LogP contribution is 2.22. The van der Waals surface area contributed by atoms with Crippen molar-refractivity contribution in [2.24, 2.45) is 0 Å². The molecule has 0 atom stereocenters. The van der Waals surface area contributed by atoms with Crippen LogP contribution in [0.5, 0.6) is 0 Å². The van der Waals surface area contributed by atoms with E-state index in [4.69, 9.17) is 0 Å². The zero-order chi connectivity index (χ0) is 24.3. The van der Waals surface area contributed by atoms with Crippen LogP contribution >= 0.6 is 11.3 Å². The molecular weight excluding hydrogens is 478 g/mol. The molecule has 2 aromatic heterocycles. The Morgan fingerprint density at radius 2 is 1.74 bits per heavy atom. The minimum absolute atomic E-state index is 0.00338. The molecule has 0 spiro atoms. The Hall–Kier alpha value is -4.03. The topological polar surface area (TPSA) is 139 Å². The number of nitrogens with one attached hydrogen (secondary N) is 3. The number of benzene rings is 2. The number of hydrazine groups is 1. The van der Waals surface area contributed by atoms with Gasteiger partial charge in [-0.3, -0.25) is 34.5 Å². The highest BCUT2D eigenvalue weighted by atomic mass is 32.2. The van der Waals surface area contributed by atoms with Crippen molar-refractivity contribution in [1.29, 1.82) is 0 Å². The van der Waals surface area contributed by atoms with Gasteiger partial charge in [0.15, 0.2) is 0 Å². The predicted octanol–water partition coefficient (Wildman–Crippen LogP) is 2.03. The zero-order valence-electron chi connectivity index (χ0n) is 17.8. The van der Waals surface area contributed by atoms with Crippen LogP contribution in [0.1, 0.15) is 16.2 Å². The van der Waals surface area contributed by atoms with E-state index < -0.39 is 21.8 Å². The van der Waals surface area contributed by atoms with E-state index in [0.29, 0.717) is 16.7 Å². The van der Waals surface area contributed by atoms with Crippen molar-refractivity contribution >= 4 is 49.8 Å². The molecule has 0 aliphatic carbocycles. The van der Waals surface area contributed by atoms with Gasteiger partial charge in [0.25, 0.3) is 27.4 Å². The number of thiophene rings is 1. The van der Waals surface area contributed by atoms with Gasteiger partial charge in [-0.05, 0) is 42.6 Å². The van der Waals surface area contributed by atoms with E-state index in [0.717, 1.165) is 11.3 Å². The van der Waals surface area contributed by atoms with Gasteiger partial charge >= 0.3 is 0 Å². The number of carbonyl (C=O) groups excluding carboxylic acids is 2. The smallest absolute Gasteiger partial charge is 0.271 e. The fourth-order valence-electron chi connectivity index (χ4n) is 3.22. The van der Waals surface area contributed by atoms with Gasteiger partial charge in [-0.2, -0.15) is 0 Å². The van der Waals surface area contributed by atoms with E-state index in [1.165, 1.54) is 22.8 Å². The molecule has 0 unspecified atom stereocenters. The van der Waals surface area contributed by atoms with Crippen LogP contribution in [0.3, 0.4) is 0 Å². The first-order valence-electron chi connectivity index (χ1n) is 9.97. The molecule has 0 aliphatic heterocycles. The van der Waals surface area contributed by atoms with Crippen molar-refractivity contribution in [2.45, 2.75) is 17.7 Å². The maximum atomic E-state index is 12.7. The molecule has 0 radical (unpaired) electrons. The molecule has 0 saturated heterocycles. The van der Waals surface area contributed by atoms with Gasteiger partial charge in [0, 0.05) is 0 Å². The molecule has 0 aliphatic rings. The largest absolute Gasteiger partial charge is 0.287 e. The van der Waals surface area contributed by atoms with Gasteiger partial charge in [-0.25, -0.2) is 13.4 Å². The third kappa shape index (κ3) is 4.82. The Morgan fingerprint density at radius 1 is 1.00 bits per heavy atom. The highest BCUT2D eigenvalue weighted by molar-refractivity contribution is 7.94. The van der Waals surface area contributed by atoms with E-state index in [2.05, 4.69) is 20.6 Å². The van der Waals surface area contributed by atoms with Crippen LogP contribution in [0.4, 0.5) is 5.69 Å². The van der Waals surface area contributed by atoms with Crippen LogP contribution in [0, 0.1) is 6.92 Å². The molecule has 0 saturated carbocycles. The lowest BCUT2D eigenvalue weighted by atomic mass is 10.2. The van der Waals surface area contributed by atoms with Crippen molar-refractivity contribution in [3.8, 4) is 0 Å². The van der Waals surface area contributed by atoms with Crippen LogP contribution in [0.2, 0.25) is 0 Å². The molecule has 4 aromatic rings. The fourth-order valence-corrected chi connectivity index (χ4v) is 5.30. The molecule has 4 rings (SSSR count). The van der Waals surface area contributed by atoms with Crippen LogP contribution < -0.4 is 21.1 Å². The summed E-state index contributed by atoms with van der Waals surface area (Å²) in [4.78, 5) is 42.1. The molecule has 2 heterocycles. The Labute approximate surface area is 198 Å². The second kappa shape index (κ2) is 9.45. The van der Waals surface area contributed by atoms with Crippen LogP contribution in [0.15, 0.2) is 75.0 Å². The number of amides is 2. The van der Waals surface area contributed by atoms with E-state index in [1.54, 1.807) is 54.8 Å². The lowest BCUT2D eigenvalue weighted by molar-refractivity contribution is -0.122. The summed E-state index contributed by atoms with van der Waals surface area (Å²) in [6.07, 6.45) is 0. The average Bonchev–Trinajstić information content (AvgIpc) is 3.37. The fraction of sp³-hybridized carbons (Fsp3) is 0.0909. The van der Waals surface area contributed by atoms with Crippen molar-refractivity contribution in [3.05, 3.63) is 87.8 Å². The molecule has 2 amide bonds. The van der Waals surface area contributed by atoms with E-state index in [1.807, 2.05) is 0 Å². The summed E-state index contributed by atoms with van der Waals surface area (Å²) in [6.45, 7) is 1.24. The number of anilines is 1. The summed E-state index contributed by atoms with van der Waals surface area (Å²) in [6, 6.07) is 15.8.